The number of unbranched alkanes of at least 4 members (excludes halogenated alkanes) is 5. The Bertz CT molecular complexity index is 703. The van der Waals surface area contributed by atoms with Crippen molar-refractivity contribution in [2.24, 2.45) is 5.92 Å². The topological polar surface area (TPSA) is 55.9 Å². The first kappa shape index (κ1) is 27.1. The zero-order chi connectivity index (χ0) is 24.1. The summed E-state index contributed by atoms with van der Waals surface area (Å²) in [5.41, 5.74) is 0.915. The van der Waals surface area contributed by atoms with Gasteiger partial charge in [0, 0.05) is 58.3 Å². The second-order valence-electron chi connectivity index (χ2n) is 9.37. The summed E-state index contributed by atoms with van der Waals surface area (Å²) in [5.74, 6) is -0.0358. The Hall–Kier alpha value is -2.15. The quantitative estimate of drug-likeness (QED) is 0.439. The fraction of sp³-hybridized carbons (Fsp3) is 0.692. The van der Waals surface area contributed by atoms with Crippen molar-refractivity contribution in [1.82, 2.24) is 20.0 Å². The van der Waals surface area contributed by atoms with Crippen molar-refractivity contribution in [3.05, 3.63) is 35.6 Å². The first-order valence-electron chi connectivity index (χ1n) is 12.7. The maximum atomic E-state index is 13.3. The molecule has 1 aliphatic rings. The fourth-order valence-corrected chi connectivity index (χ4v) is 4.09. The van der Waals surface area contributed by atoms with Crippen LogP contribution in [0, 0.1) is 11.7 Å². The van der Waals surface area contributed by atoms with Gasteiger partial charge in [-0.05, 0) is 24.1 Å². The predicted octanol–water partition coefficient (Wildman–Crippen LogP) is 4.50. The monoisotopic (exact) mass is 462 g/mol. The summed E-state index contributed by atoms with van der Waals surface area (Å²) in [4.78, 5) is 31.2. The number of urea groups is 1. The minimum Gasteiger partial charge on any atom is -0.340 e. The molecule has 2 rings (SSSR count). The van der Waals surface area contributed by atoms with Crippen molar-refractivity contribution in [2.75, 3.05) is 45.8 Å². The highest BCUT2D eigenvalue weighted by atomic mass is 19.1. The van der Waals surface area contributed by atoms with Gasteiger partial charge in [-0.15, -0.1) is 0 Å². The van der Waals surface area contributed by atoms with Gasteiger partial charge in [-0.2, -0.15) is 0 Å². The molecule has 0 atom stereocenters. The summed E-state index contributed by atoms with van der Waals surface area (Å²) in [7, 11) is 0. The third-order valence-electron chi connectivity index (χ3n) is 6.24. The lowest BCUT2D eigenvalue weighted by Gasteiger charge is -2.36. The first-order chi connectivity index (χ1) is 15.9. The van der Waals surface area contributed by atoms with Crippen LogP contribution < -0.4 is 5.32 Å². The van der Waals surface area contributed by atoms with Crippen molar-refractivity contribution < 1.29 is 14.0 Å². The smallest absolute Gasteiger partial charge is 0.317 e. The summed E-state index contributed by atoms with van der Waals surface area (Å²) >= 11 is 0. The number of halogens is 1. The van der Waals surface area contributed by atoms with Crippen molar-refractivity contribution in [3.8, 4) is 0 Å². The van der Waals surface area contributed by atoms with Crippen LogP contribution in [0.3, 0.4) is 0 Å². The van der Waals surface area contributed by atoms with E-state index in [1.165, 1.54) is 37.8 Å². The number of amides is 3. The van der Waals surface area contributed by atoms with E-state index >= 15 is 0 Å². The second kappa shape index (κ2) is 14.9. The molecule has 0 aromatic heterocycles. The lowest BCUT2D eigenvalue weighted by Crippen LogP contribution is -2.52. The average Bonchev–Trinajstić information content (AvgIpc) is 2.82. The number of nitrogens with zero attached hydrogens (tertiary/aromatic N) is 3. The highest BCUT2D eigenvalue weighted by Gasteiger charge is 2.23. The summed E-state index contributed by atoms with van der Waals surface area (Å²) in [6, 6.07) is 6.28. The number of piperazine rings is 1. The van der Waals surface area contributed by atoms with E-state index in [0.717, 1.165) is 51.1 Å². The number of rotatable bonds is 13. The number of nitrogens with one attached hydrogen (secondary N) is 1. The number of benzene rings is 1. The summed E-state index contributed by atoms with van der Waals surface area (Å²) in [5, 5.41) is 3.07. The Balaban J connectivity index is 1.83. The van der Waals surface area contributed by atoms with E-state index in [4.69, 9.17) is 0 Å². The van der Waals surface area contributed by atoms with E-state index in [2.05, 4.69) is 17.1 Å². The van der Waals surface area contributed by atoms with Crippen molar-refractivity contribution in [3.63, 3.8) is 0 Å². The van der Waals surface area contributed by atoms with Gasteiger partial charge in [0.1, 0.15) is 5.82 Å². The predicted molar refractivity (Wildman–Crippen MR) is 131 cm³/mol. The molecule has 7 heteroatoms. The Morgan fingerprint density at radius 2 is 1.64 bits per heavy atom. The molecule has 0 spiro atoms. The first-order valence-corrected chi connectivity index (χ1v) is 12.7. The molecule has 1 saturated heterocycles. The molecule has 1 fully saturated rings. The van der Waals surface area contributed by atoms with Crippen LogP contribution >= 0.6 is 0 Å². The number of hydrogen-bond donors (Lipinski definition) is 1. The fourth-order valence-electron chi connectivity index (χ4n) is 4.09. The molecule has 1 aromatic carbocycles. The minimum absolute atomic E-state index is 0.0260. The van der Waals surface area contributed by atoms with Crippen LogP contribution in [0.1, 0.15) is 64.9 Å². The molecule has 1 heterocycles. The molecule has 0 radical (unpaired) electrons. The van der Waals surface area contributed by atoms with Crippen LogP contribution in [-0.4, -0.2) is 72.5 Å². The molecule has 1 N–H and O–H groups in total. The van der Waals surface area contributed by atoms with Gasteiger partial charge in [-0.1, -0.05) is 65.0 Å². The van der Waals surface area contributed by atoms with E-state index in [1.807, 2.05) is 23.6 Å². The van der Waals surface area contributed by atoms with Crippen LogP contribution in [0.2, 0.25) is 0 Å². The van der Waals surface area contributed by atoms with Crippen molar-refractivity contribution in [1.29, 1.82) is 0 Å². The molecule has 3 amide bonds. The van der Waals surface area contributed by atoms with E-state index in [9.17, 15) is 14.0 Å². The van der Waals surface area contributed by atoms with Gasteiger partial charge in [0.15, 0.2) is 0 Å². The zero-order valence-corrected chi connectivity index (χ0v) is 20.8. The molecule has 1 aromatic rings. The third kappa shape index (κ3) is 10.1. The summed E-state index contributed by atoms with van der Waals surface area (Å²) in [6.07, 6.45) is 7.12. The second-order valence-corrected chi connectivity index (χ2v) is 9.37. The largest absolute Gasteiger partial charge is 0.340 e. The normalized spacial score (nSPS) is 14.5. The van der Waals surface area contributed by atoms with Crippen LogP contribution in [0.15, 0.2) is 24.3 Å². The van der Waals surface area contributed by atoms with Crippen LogP contribution in [-0.2, 0) is 11.3 Å². The number of hydrogen-bond acceptors (Lipinski definition) is 3. The van der Waals surface area contributed by atoms with Gasteiger partial charge in [0.05, 0.1) is 0 Å². The lowest BCUT2D eigenvalue weighted by molar-refractivity contribution is -0.136. The number of carbonyl (C=O) groups is 2. The average molecular weight is 463 g/mol. The maximum absolute atomic E-state index is 13.3. The number of carbonyl (C=O) groups excluding carboxylic acids is 2. The Labute approximate surface area is 199 Å². The van der Waals surface area contributed by atoms with Gasteiger partial charge < -0.3 is 15.1 Å². The van der Waals surface area contributed by atoms with Crippen LogP contribution in [0.25, 0.3) is 0 Å². The Morgan fingerprint density at radius 1 is 1.00 bits per heavy atom. The maximum Gasteiger partial charge on any atom is 0.317 e. The SMILES string of the molecule is CCCCCCCCNC(=O)N(CCN1CCN(C(=O)C(C)C)CC1)Cc1ccc(F)cc1. The van der Waals surface area contributed by atoms with E-state index < -0.39 is 0 Å². The minimum atomic E-state index is -0.272. The molecule has 0 bridgehead atoms. The van der Waals surface area contributed by atoms with E-state index in [0.29, 0.717) is 19.6 Å². The van der Waals surface area contributed by atoms with E-state index in [1.54, 1.807) is 12.1 Å². The lowest BCUT2D eigenvalue weighted by atomic mass is 10.1. The van der Waals surface area contributed by atoms with Crippen LogP contribution in [0.5, 0.6) is 0 Å². The Kier molecular flexibility index (Phi) is 12.2. The standard InChI is InChI=1S/C26H43FN4O2/c1-4-5-6-7-8-9-14-28-26(33)31(21-23-10-12-24(27)13-11-23)20-17-29-15-18-30(19-16-29)25(32)22(2)3/h10-13,22H,4-9,14-21H2,1-3H3,(H,28,33). The molecule has 0 aliphatic carbocycles. The summed E-state index contributed by atoms with van der Waals surface area (Å²) in [6.45, 7) is 11.7. The van der Waals surface area contributed by atoms with Gasteiger partial charge in [0.2, 0.25) is 5.91 Å². The van der Waals surface area contributed by atoms with Crippen LogP contribution in [0.4, 0.5) is 9.18 Å². The highest BCUT2D eigenvalue weighted by Crippen LogP contribution is 2.10. The molecule has 6 nitrogen and oxygen atoms in total. The highest BCUT2D eigenvalue weighted by molar-refractivity contribution is 5.78. The molecular formula is C26H43FN4O2. The van der Waals surface area contributed by atoms with Gasteiger partial charge in [0.25, 0.3) is 0 Å². The zero-order valence-electron chi connectivity index (χ0n) is 20.8. The van der Waals surface area contributed by atoms with Crippen molar-refractivity contribution in [2.45, 2.75) is 65.8 Å². The third-order valence-corrected chi connectivity index (χ3v) is 6.24. The van der Waals surface area contributed by atoms with Gasteiger partial charge in [-0.3, -0.25) is 9.69 Å². The van der Waals surface area contributed by atoms with Gasteiger partial charge in [-0.25, -0.2) is 9.18 Å². The molecule has 0 unspecified atom stereocenters. The molecule has 186 valence electrons. The molecular weight excluding hydrogens is 419 g/mol. The molecule has 33 heavy (non-hydrogen) atoms. The van der Waals surface area contributed by atoms with Crippen molar-refractivity contribution >= 4 is 11.9 Å². The van der Waals surface area contributed by atoms with Gasteiger partial charge >= 0.3 is 6.03 Å². The molecule has 0 saturated carbocycles. The molecule has 1 aliphatic heterocycles. The van der Waals surface area contributed by atoms with E-state index in [-0.39, 0.29) is 23.7 Å². The Morgan fingerprint density at radius 3 is 2.27 bits per heavy atom. The summed E-state index contributed by atoms with van der Waals surface area (Å²) < 4.78 is 13.3.